The Balaban J connectivity index is 1.06. The lowest BCUT2D eigenvalue weighted by Crippen LogP contribution is -1.94. The van der Waals surface area contributed by atoms with E-state index in [1.54, 1.807) is 11.3 Å². The van der Waals surface area contributed by atoms with Gasteiger partial charge >= 0.3 is 0 Å². The van der Waals surface area contributed by atoms with E-state index in [-0.39, 0.29) is 0 Å². The maximum atomic E-state index is 5.25. The summed E-state index contributed by atoms with van der Waals surface area (Å²) in [5.74, 6) is 0.737. The topological polar surface area (TPSA) is 25.8 Å². The number of aromatic nitrogens is 2. The Kier molecular flexibility index (Phi) is 7.38. The van der Waals surface area contributed by atoms with E-state index in [4.69, 9.17) is 9.97 Å². The van der Waals surface area contributed by atoms with Gasteiger partial charge in [-0.15, -0.1) is 11.3 Å². The summed E-state index contributed by atoms with van der Waals surface area (Å²) in [6.07, 6.45) is 0. The molecule has 0 fully saturated rings. The minimum absolute atomic E-state index is 0.737. The molecular weight excluding hydrogens is 613 g/mol. The average Bonchev–Trinajstić information content (AvgIpc) is 3.57. The summed E-state index contributed by atoms with van der Waals surface area (Å²) in [5.41, 5.74) is 12.6. The Labute approximate surface area is 289 Å². The van der Waals surface area contributed by atoms with Crippen LogP contribution in [0.2, 0.25) is 0 Å². The van der Waals surface area contributed by atoms with Crippen molar-refractivity contribution < 1.29 is 0 Å². The molecule has 3 heteroatoms. The van der Waals surface area contributed by atoms with E-state index >= 15 is 0 Å². The normalized spacial score (nSPS) is 11.3. The highest BCUT2D eigenvalue weighted by atomic mass is 32.1. The van der Waals surface area contributed by atoms with Gasteiger partial charge in [0.05, 0.1) is 5.69 Å². The van der Waals surface area contributed by atoms with Crippen LogP contribution >= 0.6 is 11.3 Å². The van der Waals surface area contributed by atoms with Crippen LogP contribution in [0.5, 0.6) is 0 Å². The molecule has 2 nitrogen and oxygen atoms in total. The molecule has 0 saturated heterocycles. The summed E-state index contributed by atoms with van der Waals surface area (Å²) in [4.78, 5) is 11.4. The minimum Gasteiger partial charge on any atom is -0.227 e. The number of hydrogen-bond acceptors (Lipinski definition) is 3. The van der Waals surface area contributed by atoms with Crippen molar-refractivity contribution in [3.05, 3.63) is 182 Å². The first kappa shape index (κ1) is 29.0. The minimum atomic E-state index is 0.737. The zero-order valence-electron chi connectivity index (χ0n) is 26.6. The van der Waals surface area contributed by atoms with Crippen LogP contribution in [-0.4, -0.2) is 9.97 Å². The highest BCUT2D eigenvalue weighted by Gasteiger charge is 2.17. The Bertz CT molecular complexity index is 2530. The van der Waals surface area contributed by atoms with Gasteiger partial charge in [0.2, 0.25) is 0 Å². The molecular formula is C46H30N2S. The predicted molar refractivity (Wildman–Crippen MR) is 208 cm³/mol. The fourth-order valence-electron chi connectivity index (χ4n) is 6.56. The number of hydrogen-bond donors (Lipinski definition) is 0. The predicted octanol–water partition coefficient (Wildman–Crippen LogP) is 12.8. The molecule has 0 unspecified atom stereocenters. The third kappa shape index (κ3) is 5.61. The van der Waals surface area contributed by atoms with Crippen LogP contribution in [0.1, 0.15) is 0 Å². The molecule has 0 atom stereocenters. The second kappa shape index (κ2) is 12.5. The largest absolute Gasteiger partial charge is 0.227 e. The van der Waals surface area contributed by atoms with Crippen molar-refractivity contribution in [2.45, 2.75) is 0 Å². The SMILES string of the molecule is c1ccc(-c2ccc(-c3ccc(-c4nc(-c5ccc(-c6ccc(-c7ccccc7)cc6)cc5)c5c(n4)sc4ccccc45)cc3)cc2)cc1. The van der Waals surface area contributed by atoms with Crippen molar-refractivity contribution in [1.29, 1.82) is 0 Å². The molecule has 0 aliphatic heterocycles. The van der Waals surface area contributed by atoms with Gasteiger partial charge in [0.15, 0.2) is 5.82 Å². The molecule has 0 N–H and O–H groups in total. The fraction of sp³-hybridized carbons (Fsp3) is 0. The van der Waals surface area contributed by atoms with Crippen LogP contribution in [0.25, 0.3) is 87.5 Å². The lowest BCUT2D eigenvalue weighted by Gasteiger charge is -2.10. The highest BCUT2D eigenvalue weighted by molar-refractivity contribution is 7.25. The second-order valence-corrected chi connectivity index (χ2v) is 13.2. The molecule has 9 aromatic rings. The molecule has 0 spiro atoms. The monoisotopic (exact) mass is 642 g/mol. The molecule has 0 radical (unpaired) electrons. The van der Waals surface area contributed by atoms with Crippen molar-refractivity contribution in [1.82, 2.24) is 9.97 Å². The van der Waals surface area contributed by atoms with Crippen molar-refractivity contribution in [3.8, 4) is 67.2 Å². The highest BCUT2D eigenvalue weighted by Crippen LogP contribution is 2.40. The summed E-state index contributed by atoms with van der Waals surface area (Å²) >= 11 is 1.73. The molecule has 7 aromatic carbocycles. The van der Waals surface area contributed by atoms with Crippen molar-refractivity contribution in [3.63, 3.8) is 0 Å². The van der Waals surface area contributed by atoms with Gasteiger partial charge in [-0.05, 0) is 50.6 Å². The third-order valence-electron chi connectivity index (χ3n) is 9.19. The molecule has 2 heterocycles. The lowest BCUT2D eigenvalue weighted by molar-refractivity contribution is 1.24. The van der Waals surface area contributed by atoms with Gasteiger partial charge in [-0.1, -0.05) is 176 Å². The van der Waals surface area contributed by atoms with E-state index < -0.39 is 0 Å². The molecule has 0 amide bonds. The molecule has 0 bridgehead atoms. The molecule has 2 aromatic heterocycles. The number of benzene rings is 7. The van der Waals surface area contributed by atoms with E-state index in [1.807, 2.05) is 6.07 Å². The van der Waals surface area contributed by atoms with Crippen LogP contribution in [0.3, 0.4) is 0 Å². The standard InChI is InChI=1S/C46H30N2S/c1-3-9-31(10-4-1)33-15-19-35(20-16-33)37-23-27-39(28-24-37)44-43-41-13-7-8-14-42(41)49-46(43)48-45(47-44)40-29-25-38(26-30-40)36-21-17-34(18-22-36)32-11-5-2-6-12-32/h1-30H. The van der Waals surface area contributed by atoms with Crippen molar-refractivity contribution in [2.75, 3.05) is 0 Å². The van der Waals surface area contributed by atoms with Crippen molar-refractivity contribution >= 4 is 31.6 Å². The van der Waals surface area contributed by atoms with Crippen LogP contribution in [0, 0.1) is 0 Å². The van der Waals surface area contributed by atoms with E-state index in [2.05, 4.69) is 176 Å². The van der Waals surface area contributed by atoms with Crippen LogP contribution in [-0.2, 0) is 0 Å². The molecule has 9 rings (SSSR count). The maximum absolute atomic E-state index is 5.25. The zero-order valence-corrected chi connectivity index (χ0v) is 27.4. The zero-order chi connectivity index (χ0) is 32.6. The summed E-state index contributed by atoms with van der Waals surface area (Å²) in [7, 11) is 0. The number of fused-ring (bicyclic) bond motifs is 3. The summed E-state index contributed by atoms with van der Waals surface area (Å²) in [5, 5.41) is 2.30. The Morgan fingerprint density at radius 2 is 0.673 bits per heavy atom. The Hall–Kier alpha value is -6.16. The van der Waals surface area contributed by atoms with Gasteiger partial charge in [-0.25, -0.2) is 9.97 Å². The van der Waals surface area contributed by atoms with Gasteiger partial charge in [0.25, 0.3) is 0 Å². The number of rotatable bonds is 6. The first-order valence-corrected chi connectivity index (χ1v) is 17.3. The third-order valence-corrected chi connectivity index (χ3v) is 10.3. The van der Waals surface area contributed by atoms with E-state index in [0.29, 0.717) is 0 Å². The summed E-state index contributed by atoms with van der Waals surface area (Å²) < 4.78 is 1.22. The molecule has 0 saturated carbocycles. The van der Waals surface area contributed by atoms with Gasteiger partial charge in [-0.3, -0.25) is 0 Å². The Morgan fingerprint density at radius 1 is 0.306 bits per heavy atom. The van der Waals surface area contributed by atoms with E-state index in [0.717, 1.165) is 32.9 Å². The van der Waals surface area contributed by atoms with Crippen LogP contribution in [0.4, 0.5) is 0 Å². The second-order valence-electron chi connectivity index (χ2n) is 12.2. The van der Waals surface area contributed by atoms with Crippen LogP contribution in [0.15, 0.2) is 182 Å². The van der Waals surface area contributed by atoms with E-state index in [9.17, 15) is 0 Å². The molecule has 0 aliphatic carbocycles. The number of nitrogens with zero attached hydrogens (tertiary/aromatic N) is 2. The lowest BCUT2D eigenvalue weighted by atomic mass is 9.98. The molecule has 230 valence electrons. The smallest absolute Gasteiger partial charge is 0.161 e. The quantitative estimate of drug-likeness (QED) is 0.180. The van der Waals surface area contributed by atoms with Gasteiger partial charge in [0, 0.05) is 26.6 Å². The van der Waals surface area contributed by atoms with Crippen LogP contribution < -0.4 is 0 Å². The van der Waals surface area contributed by atoms with Gasteiger partial charge < -0.3 is 0 Å². The van der Waals surface area contributed by atoms with Gasteiger partial charge in [-0.2, -0.15) is 0 Å². The first-order valence-electron chi connectivity index (χ1n) is 16.5. The van der Waals surface area contributed by atoms with Crippen molar-refractivity contribution in [2.24, 2.45) is 0 Å². The molecule has 49 heavy (non-hydrogen) atoms. The number of thiophene rings is 1. The first-order chi connectivity index (χ1) is 24.3. The molecule has 0 aliphatic rings. The summed E-state index contributed by atoms with van der Waals surface area (Å²) in [6.45, 7) is 0. The Morgan fingerprint density at radius 3 is 1.14 bits per heavy atom. The van der Waals surface area contributed by atoms with Gasteiger partial charge in [0.1, 0.15) is 4.83 Å². The maximum Gasteiger partial charge on any atom is 0.161 e. The fourth-order valence-corrected chi connectivity index (χ4v) is 7.64. The van der Waals surface area contributed by atoms with E-state index in [1.165, 1.54) is 54.6 Å². The summed E-state index contributed by atoms with van der Waals surface area (Å²) in [6, 6.07) is 64.5. The average molecular weight is 643 g/mol.